The molecule has 7 N–H and O–H groups in total. The maximum atomic E-state index is 14.1. The molecule has 2 aromatic rings. The van der Waals surface area contributed by atoms with Crippen LogP contribution in [0.4, 0.5) is 0 Å². The predicted molar refractivity (Wildman–Crippen MR) is 199 cm³/mol. The zero-order valence-corrected chi connectivity index (χ0v) is 32.6. The van der Waals surface area contributed by atoms with Crippen LogP contribution in [0.3, 0.4) is 0 Å². The Kier molecular flexibility index (Phi) is 12.4. The van der Waals surface area contributed by atoms with Gasteiger partial charge >= 0.3 is 5.97 Å². The SMILES string of the molecule is CCC(C)(CCCCC(=O)NC1CC(OC(C)(CC)C2CC(O)(C(=O)CO)Cc3c(O)c4c(c(O)c32)C(=O)c2c(OC)cccc2C4=O)OC(C)C1O)C(=O)O. The van der Waals surface area contributed by atoms with Crippen LogP contribution in [0.15, 0.2) is 18.2 Å². The van der Waals surface area contributed by atoms with Crippen LogP contribution < -0.4 is 10.1 Å². The van der Waals surface area contributed by atoms with E-state index in [-0.39, 0.29) is 53.2 Å². The molecule has 3 aliphatic rings. The number of aliphatic hydroxyl groups is 3. The number of ether oxygens (including phenoxy) is 3. The van der Waals surface area contributed by atoms with Crippen molar-refractivity contribution in [1.29, 1.82) is 0 Å². The van der Waals surface area contributed by atoms with Crippen molar-refractivity contribution in [2.75, 3.05) is 13.7 Å². The fourth-order valence-electron chi connectivity index (χ4n) is 8.36. The Bertz CT molecular complexity index is 1910. The molecule has 15 heteroatoms. The highest BCUT2D eigenvalue weighted by molar-refractivity contribution is 6.31. The van der Waals surface area contributed by atoms with E-state index in [9.17, 15) is 54.6 Å². The summed E-state index contributed by atoms with van der Waals surface area (Å²) in [6, 6.07) is 3.54. The van der Waals surface area contributed by atoms with Gasteiger partial charge in [0.05, 0.1) is 47.0 Å². The number of carbonyl (C=O) groups is 5. The molecule has 0 aromatic heterocycles. The van der Waals surface area contributed by atoms with Gasteiger partial charge in [0, 0.05) is 41.9 Å². The number of amides is 1. The zero-order chi connectivity index (χ0) is 41.5. The van der Waals surface area contributed by atoms with Gasteiger partial charge in [-0.25, -0.2) is 0 Å². The topological polar surface area (TPSA) is 246 Å². The lowest BCUT2D eigenvalue weighted by Gasteiger charge is -2.48. The maximum absolute atomic E-state index is 14.1. The van der Waals surface area contributed by atoms with E-state index in [1.54, 1.807) is 34.6 Å². The summed E-state index contributed by atoms with van der Waals surface area (Å²) >= 11 is 0. The van der Waals surface area contributed by atoms with Crippen molar-refractivity contribution >= 4 is 29.2 Å². The van der Waals surface area contributed by atoms with Gasteiger partial charge in [-0.1, -0.05) is 32.4 Å². The molecule has 1 heterocycles. The molecular weight excluding hydrogens is 730 g/mol. The Morgan fingerprint density at radius 2 is 1.70 bits per heavy atom. The molecule has 1 saturated heterocycles. The van der Waals surface area contributed by atoms with E-state index in [2.05, 4.69) is 5.32 Å². The van der Waals surface area contributed by atoms with Crippen molar-refractivity contribution in [3.8, 4) is 17.2 Å². The third-order valence-corrected chi connectivity index (χ3v) is 12.4. The van der Waals surface area contributed by atoms with Gasteiger partial charge in [0.15, 0.2) is 17.9 Å². The molecule has 0 saturated carbocycles. The van der Waals surface area contributed by atoms with E-state index in [0.29, 0.717) is 25.7 Å². The molecule has 1 aliphatic heterocycles. The molecule has 0 bridgehead atoms. The van der Waals surface area contributed by atoms with E-state index in [1.807, 2.05) is 0 Å². The Balaban J connectivity index is 1.47. The number of Topliss-reactive ketones (excluding diaryl/α,β-unsaturated/α-hetero) is 1. The molecular formula is C41H53NO14. The van der Waals surface area contributed by atoms with Crippen molar-refractivity contribution in [1.82, 2.24) is 5.32 Å². The fraction of sp³-hybridized carbons (Fsp3) is 0.585. The summed E-state index contributed by atoms with van der Waals surface area (Å²) in [5.74, 6) is -6.22. The maximum Gasteiger partial charge on any atom is 0.309 e. The average Bonchev–Trinajstić information content (AvgIpc) is 3.17. The van der Waals surface area contributed by atoms with Gasteiger partial charge in [-0.05, 0) is 58.9 Å². The lowest BCUT2D eigenvalue weighted by Crippen LogP contribution is -2.57. The van der Waals surface area contributed by atoms with Crippen LogP contribution in [-0.2, 0) is 30.3 Å². The van der Waals surface area contributed by atoms with Crippen molar-refractivity contribution in [2.45, 2.75) is 134 Å². The molecule has 2 aliphatic carbocycles. The van der Waals surface area contributed by atoms with Crippen LogP contribution in [0.5, 0.6) is 17.2 Å². The summed E-state index contributed by atoms with van der Waals surface area (Å²) in [6.45, 7) is 7.39. The second-order valence-electron chi connectivity index (χ2n) is 15.8. The fourth-order valence-corrected chi connectivity index (χ4v) is 8.36. The first-order chi connectivity index (χ1) is 26.3. The highest BCUT2D eigenvalue weighted by Crippen LogP contribution is 2.56. The Labute approximate surface area is 325 Å². The van der Waals surface area contributed by atoms with Crippen LogP contribution in [0, 0.1) is 5.41 Å². The van der Waals surface area contributed by atoms with Crippen LogP contribution >= 0.6 is 0 Å². The minimum Gasteiger partial charge on any atom is -0.507 e. The standard InChI is InChI=1S/C41H53NO14/c1-7-39(4,38(51)52)15-10-9-14-27(45)42-24-16-28(55-20(3)33(24)46)56-40(5,8-2)23-18-41(53,26(44)19-43)17-22-29(23)36(49)32-31(35(22)48)34(47)21-12-11-13-25(54-6)30(21)37(32)50/h11-13,20,23-24,28,33,43,46,48-49,53H,7-10,14-19H2,1-6H3,(H,42,45)(H,51,52). The molecule has 0 radical (unpaired) electrons. The van der Waals surface area contributed by atoms with Crippen LogP contribution in [0.1, 0.15) is 135 Å². The molecule has 8 atom stereocenters. The van der Waals surface area contributed by atoms with Crippen LogP contribution in [0.2, 0.25) is 0 Å². The Hall–Kier alpha value is -4.41. The summed E-state index contributed by atoms with van der Waals surface area (Å²) in [7, 11) is 1.32. The molecule has 306 valence electrons. The van der Waals surface area contributed by atoms with Crippen LogP contribution in [-0.4, -0.2) is 109 Å². The third kappa shape index (κ3) is 7.54. The second-order valence-corrected chi connectivity index (χ2v) is 15.8. The number of phenols is 2. The number of carboxylic acid groups (broad SMARTS) is 1. The van der Waals surface area contributed by atoms with Crippen molar-refractivity contribution in [2.24, 2.45) is 5.41 Å². The molecule has 56 heavy (non-hydrogen) atoms. The summed E-state index contributed by atoms with van der Waals surface area (Å²) < 4.78 is 18.0. The number of phenolic OH excluding ortho intramolecular Hbond substituents is 2. The van der Waals surface area contributed by atoms with Gasteiger partial charge in [0.25, 0.3) is 0 Å². The van der Waals surface area contributed by atoms with Gasteiger partial charge in [0.1, 0.15) is 35.6 Å². The number of carboxylic acids is 1. The van der Waals surface area contributed by atoms with Gasteiger partial charge in [-0.3, -0.25) is 24.0 Å². The normalized spacial score (nSPS) is 26.6. The molecule has 5 rings (SSSR count). The highest BCUT2D eigenvalue weighted by atomic mass is 16.7. The molecule has 1 fully saturated rings. The molecule has 15 nitrogen and oxygen atoms in total. The number of aliphatic carboxylic acids is 1. The Morgan fingerprint density at radius 3 is 2.30 bits per heavy atom. The number of aromatic hydroxyl groups is 2. The number of nitrogens with one attached hydrogen (secondary N) is 1. The number of carbonyl (C=O) groups excluding carboxylic acids is 4. The first kappa shape index (κ1) is 42.7. The predicted octanol–water partition coefficient (Wildman–Crippen LogP) is 3.43. The summed E-state index contributed by atoms with van der Waals surface area (Å²) in [6.07, 6.45) is -2.09. The first-order valence-corrected chi connectivity index (χ1v) is 19.1. The van der Waals surface area contributed by atoms with E-state index in [4.69, 9.17) is 14.2 Å². The lowest BCUT2D eigenvalue weighted by molar-refractivity contribution is -0.270. The van der Waals surface area contributed by atoms with E-state index in [0.717, 1.165) is 0 Å². The van der Waals surface area contributed by atoms with E-state index in [1.165, 1.54) is 25.3 Å². The van der Waals surface area contributed by atoms with Crippen molar-refractivity contribution in [3.05, 3.63) is 51.6 Å². The minimum absolute atomic E-state index is 0.0312. The van der Waals surface area contributed by atoms with Gasteiger partial charge in [-0.2, -0.15) is 0 Å². The van der Waals surface area contributed by atoms with Crippen molar-refractivity contribution < 1.29 is 68.8 Å². The average molecular weight is 784 g/mol. The molecule has 1 amide bonds. The van der Waals surface area contributed by atoms with Crippen molar-refractivity contribution in [3.63, 3.8) is 0 Å². The summed E-state index contributed by atoms with van der Waals surface area (Å²) in [5.41, 5.74) is -5.98. The third-order valence-electron chi connectivity index (χ3n) is 12.4. The smallest absolute Gasteiger partial charge is 0.309 e. The van der Waals surface area contributed by atoms with Gasteiger partial charge < -0.3 is 50.2 Å². The van der Waals surface area contributed by atoms with E-state index < -0.39 is 112 Å². The van der Waals surface area contributed by atoms with Gasteiger partial charge in [0.2, 0.25) is 11.7 Å². The number of hydrogen-bond acceptors (Lipinski definition) is 13. The lowest BCUT2D eigenvalue weighted by atomic mass is 9.64. The summed E-state index contributed by atoms with van der Waals surface area (Å²) in [4.78, 5) is 65.8. The molecule has 0 spiro atoms. The number of aliphatic hydroxyl groups excluding tert-OH is 2. The molecule has 8 unspecified atom stereocenters. The first-order valence-electron chi connectivity index (χ1n) is 19.1. The highest BCUT2D eigenvalue weighted by Gasteiger charge is 2.54. The quantitative estimate of drug-likeness (QED) is 0.0863. The zero-order valence-electron chi connectivity index (χ0n) is 32.6. The van der Waals surface area contributed by atoms with Gasteiger partial charge in [-0.15, -0.1) is 0 Å². The number of unbranched alkanes of at least 4 members (excludes halogenated alkanes) is 1. The number of methoxy groups -OCH3 is 1. The largest absolute Gasteiger partial charge is 0.507 e. The van der Waals surface area contributed by atoms with E-state index >= 15 is 0 Å². The number of benzene rings is 2. The number of rotatable bonds is 15. The molecule has 2 aromatic carbocycles. The number of fused-ring (bicyclic) bond motifs is 3. The van der Waals surface area contributed by atoms with Crippen LogP contribution in [0.25, 0.3) is 0 Å². The number of hydrogen-bond donors (Lipinski definition) is 7. The minimum atomic E-state index is -2.29. The Morgan fingerprint density at radius 1 is 1.02 bits per heavy atom. The number of ketones is 3. The second kappa shape index (κ2) is 16.2. The summed E-state index contributed by atoms with van der Waals surface area (Å²) in [5, 5.41) is 68.9. The monoisotopic (exact) mass is 783 g/mol.